The predicted molar refractivity (Wildman–Crippen MR) is 91.0 cm³/mol. The maximum absolute atomic E-state index is 12.5. The Morgan fingerprint density at radius 3 is 1.84 bits per heavy atom. The van der Waals surface area contributed by atoms with E-state index in [1.54, 1.807) is 0 Å². The van der Waals surface area contributed by atoms with Crippen LogP contribution in [0.5, 0.6) is 5.75 Å². The number of nitrogens with zero attached hydrogens (tertiary/aromatic N) is 5. The molecule has 0 amide bonds. The van der Waals surface area contributed by atoms with Gasteiger partial charge in [-0.25, -0.2) is 0 Å². The van der Waals surface area contributed by atoms with Crippen LogP contribution < -0.4 is 0 Å². The van der Waals surface area contributed by atoms with Gasteiger partial charge in [0.1, 0.15) is 0 Å². The van der Waals surface area contributed by atoms with Crippen molar-refractivity contribution in [3.63, 3.8) is 0 Å². The van der Waals surface area contributed by atoms with Crippen LogP contribution in [0.3, 0.4) is 0 Å². The summed E-state index contributed by atoms with van der Waals surface area (Å²) < 4.78 is 75.3. The average molecular weight is 466 g/mol. The Kier molecular flexibility index (Phi) is 6.60. The SMILES string of the molecule is FC(F)(F)c1cc(-c2nn[nH]n2)cc(C(F)(F)F)c1.O=[N+]([O-])c1ccc(O)c([N+](=O)[O-])c1. The zero-order valence-electron chi connectivity index (χ0n) is 15.0. The number of tetrazole rings is 1. The zero-order chi connectivity index (χ0) is 24.3. The number of non-ortho nitro benzene ring substituents is 1. The third-order valence-electron chi connectivity index (χ3n) is 3.56. The van der Waals surface area contributed by atoms with Crippen molar-refractivity contribution in [1.29, 1.82) is 0 Å². The monoisotopic (exact) mass is 466 g/mol. The summed E-state index contributed by atoms with van der Waals surface area (Å²) in [5.74, 6) is -0.938. The Balaban J connectivity index is 0.000000244. The third-order valence-corrected chi connectivity index (χ3v) is 3.56. The van der Waals surface area contributed by atoms with Crippen LogP contribution in [-0.4, -0.2) is 35.6 Å². The van der Waals surface area contributed by atoms with Gasteiger partial charge in [0, 0.05) is 11.6 Å². The Hall–Kier alpha value is -4.31. The fourth-order valence-corrected chi connectivity index (χ4v) is 2.14. The molecule has 3 rings (SSSR count). The van der Waals surface area contributed by atoms with E-state index in [9.17, 15) is 46.6 Å². The Labute approximate surface area is 171 Å². The van der Waals surface area contributed by atoms with E-state index in [4.69, 9.17) is 5.11 Å². The second-order valence-electron chi connectivity index (χ2n) is 5.72. The largest absolute Gasteiger partial charge is 0.502 e. The Bertz CT molecular complexity index is 1100. The lowest BCUT2D eigenvalue weighted by molar-refractivity contribution is -0.394. The van der Waals surface area contributed by atoms with Crippen molar-refractivity contribution in [2.24, 2.45) is 0 Å². The number of phenolic OH excluding ortho intramolecular Hbond substituents is 1. The standard InChI is InChI=1S/C9H4F6N4.C6H4N2O5/c10-8(11,12)5-1-4(7-16-18-19-17-7)2-6(3-5)9(13,14)15;9-6-2-1-4(7(10)11)3-5(6)8(12)13/h1-3H,(H,16,17,18,19);1-3,9H. The number of rotatable bonds is 3. The number of nitrogens with one attached hydrogen (secondary N) is 1. The molecule has 0 saturated carbocycles. The van der Waals surface area contributed by atoms with Crippen LogP contribution in [0, 0.1) is 20.2 Å². The number of H-pyrrole nitrogens is 1. The van der Waals surface area contributed by atoms with E-state index >= 15 is 0 Å². The van der Waals surface area contributed by atoms with Crippen molar-refractivity contribution in [3.05, 3.63) is 67.8 Å². The molecule has 17 heteroatoms. The first-order chi connectivity index (χ1) is 14.7. The summed E-state index contributed by atoms with van der Waals surface area (Å²) in [6.07, 6.45) is -9.81. The number of hydrogen-bond donors (Lipinski definition) is 2. The van der Waals surface area contributed by atoms with Gasteiger partial charge in [0.05, 0.1) is 27.0 Å². The summed E-state index contributed by atoms with van der Waals surface area (Å²) >= 11 is 0. The minimum Gasteiger partial charge on any atom is -0.502 e. The maximum atomic E-state index is 12.5. The first-order valence-electron chi connectivity index (χ1n) is 7.85. The van der Waals surface area contributed by atoms with Crippen LogP contribution in [0.15, 0.2) is 36.4 Å². The molecule has 0 saturated heterocycles. The molecule has 170 valence electrons. The summed E-state index contributed by atoms with van der Waals surface area (Å²) in [6, 6.07) is 3.69. The number of halogens is 6. The molecule has 32 heavy (non-hydrogen) atoms. The topological polar surface area (TPSA) is 161 Å². The smallest absolute Gasteiger partial charge is 0.416 e. The molecule has 0 unspecified atom stereocenters. The first-order valence-corrected chi connectivity index (χ1v) is 7.85. The highest BCUT2D eigenvalue weighted by atomic mass is 19.4. The van der Waals surface area contributed by atoms with Gasteiger partial charge in [-0.2, -0.15) is 31.6 Å². The van der Waals surface area contributed by atoms with Gasteiger partial charge in [-0.05, 0) is 29.5 Å². The Morgan fingerprint density at radius 2 is 1.44 bits per heavy atom. The van der Waals surface area contributed by atoms with E-state index < -0.39 is 56.0 Å². The van der Waals surface area contributed by atoms with E-state index in [0.29, 0.717) is 18.2 Å². The quantitative estimate of drug-likeness (QED) is 0.331. The number of nitro groups is 2. The van der Waals surface area contributed by atoms with Gasteiger partial charge in [0.15, 0.2) is 5.75 Å². The van der Waals surface area contributed by atoms with Gasteiger partial charge in [-0.1, -0.05) is 0 Å². The maximum Gasteiger partial charge on any atom is 0.416 e. The lowest BCUT2D eigenvalue weighted by Gasteiger charge is -2.12. The van der Waals surface area contributed by atoms with E-state index in [1.807, 2.05) is 5.21 Å². The summed E-state index contributed by atoms with van der Waals surface area (Å²) in [4.78, 5) is 18.7. The molecular formula is C15H8F6N6O5. The number of nitro benzene ring substituents is 2. The third kappa shape index (κ3) is 5.86. The lowest BCUT2D eigenvalue weighted by atomic mass is 10.0. The number of aromatic amines is 1. The number of alkyl halides is 6. The van der Waals surface area contributed by atoms with E-state index in [-0.39, 0.29) is 11.9 Å². The van der Waals surface area contributed by atoms with E-state index in [1.165, 1.54) is 0 Å². The summed E-state index contributed by atoms with van der Waals surface area (Å²) in [6.45, 7) is 0. The molecule has 0 radical (unpaired) electrons. The van der Waals surface area contributed by atoms with Crippen LogP contribution in [0.2, 0.25) is 0 Å². The molecular weight excluding hydrogens is 458 g/mol. The molecule has 2 aromatic carbocycles. The van der Waals surface area contributed by atoms with Crippen LogP contribution in [0.4, 0.5) is 37.7 Å². The van der Waals surface area contributed by atoms with Crippen molar-refractivity contribution in [2.45, 2.75) is 12.4 Å². The molecule has 0 aliphatic rings. The molecule has 11 nitrogen and oxygen atoms in total. The van der Waals surface area contributed by atoms with Crippen molar-refractivity contribution in [1.82, 2.24) is 20.6 Å². The number of benzene rings is 2. The Morgan fingerprint density at radius 1 is 0.875 bits per heavy atom. The van der Waals surface area contributed by atoms with Crippen molar-refractivity contribution in [2.75, 3.05) is 0 Å². The van der Waals surface area contributed by atoms with Crippen LogP contribution in [0.1, 0.15) is 11.1 Å². The molecule has 0 aliphatic carbocycles. The fraction of sp³-hybridized carbons (Fsp3) is 0.133. The number of phenols is 1. The molecule has 0 fully saturated rings. The highest BCUT2D eigenvalue weighted by Gasteiger charge is 2.37. The number of aromatic hydroxyl groups is 1. The molecule has 0 bridgehead atoms. The lowest BCUT2D eigenvalue weighted by Crippen LogP contribution is -2.11. The average Bonchev–Trinajstić information content (AvgIpc) is 3.21. The van der Waals surface area contributed by atoms with Gasteiger partial charge in [-0.3, -0.25) is 20.2 Å². The highest BCUT2D eigenvalue weighted by Crippen LogP contribution is 2.37. The summed E-state index contributed by atoms with van der Waals surface area (Å²) in [7, 11) is 0. The summed E-state index contributed by atoms with van der Waals surface area (Å²) in [5, 5.41) is 41.1. The van der Waals surface area contributed by atoms with Crippen LogP contribution >= 0.6 is 0 Å². The van der Waals surface area contributed by atoms with Crippen molar-refractivity contribution in [3.8, 4) is 17.1 Å². The molecule has 0 atom stereocenters. The molecule has 1 aromatic heterocycles. The fourth-order valence-electron chi connectivity index (χ4n) is 2.14. The second kappa shape index (κ2) is 8.82. The minimum absolute atomic E-state index is 0.0313. The van der Waals surface area contributed by atoms with Gasteiger partial charge in [-0.15, -0.1) is 10.2 Å². The number of hydrogen-bond acceptors (Lipinski definition) is 8. The van der Waals surface area contributed by atoms with Gasteiger partial charge in [0.25, 0.3) is 5.69 Å². The molecule has 1 heterocycles. The molecule has 0 aliphatic heterocycles. The minimum atomic E-state index is -4.90. The first kappa shape index (κ1) is 24.0. The second-order valence-corrected chi connectivity index (χ2v) is 5.72. The van der Waals surface area contributed by atoms with Gasteiger partial charge < -0.3 is 5.11 Å². The number of aromatic nitrogens is 4. The molecule has 3 aromatic rings. The predicted octanol–water partition coefficient (Wildman–Crippen LogP) is 4.11. The van der Waals surface area contributed by atoms with Crippen LogP contribution in [0.25, 0.3) is 11.4 Å². The van der Waals surface area contributed by atoms with E-state index in [0.717, 1.165) is 12.1 Å². The summed E-state index contributed by atoms with van der Waals surface area (Å²) in [5.41, 5.74) is -4.38. The molecule has 0 spiro atoms. The van der Waals surface area contributed by atoms with Gasteiger partial charge in [0.2, 0.25) is 5.82 Å². The zero-order valence-corrected chi connectivity index (χ0v) is 15.0. The van der Waals surface area contributed by atoms with Crippen LogP contribution in [-0.2, 0) is 12.4 Å². The highest BCUT2D eigenvalue weighted by molar-refractivity contribution is 5.57. The van der Waals surface area contributed by atoms with Gasteiger partial charge >= 0.3 is 18.0 Å². The van der Waals surface area contributed by atoms with Crippen molar-refractivity contribution >= 4 is 11.4 Å². The molecule has 2 N–H and O–H groups in total. The van der Waals surface area contributed by atoms with Crippen molar-refractivity contribution < 1.29 is 41.3 Å². The van der Waals surface area contributed by atoms with E-state index in [2.05, 4.69) is 15.4 Å². The normalized spacial score (nSPS) is 11.4.